The second kappa shape index (κ2) is 7.21. The first-order chi connectivity index (χ1) is 12.0. The van der Waals surface area contributed by atoms with Crippen LogP contribution in [0, 0.1) is 5.82 Å². The molecule has 0 radical (unpaired) electrons. The summed E-state index contributed by atoms with van der Waals surface area (Å²) >= 11 is 0. The molecule has 0 saturated heterocycles. The minimum Gasteiger partial charge on any atom is -0.454 e. The monoisotopic (exact) mass is 344 g/mol. The van der Waals surface area contributed by atoms with Gasteiger partial charge in [-0.15, -0.1) is 0 Å². The van der Waals surface area contributed by atoms with Crippen molar-refractivity contribution >= 4 is 11.8 Å². The number of fused-ring (bicyclic) bond motifs is 1. The number of benzene rings is 2. The van der Waals surface area contributed by atoms with Crippen molar-refractivity contribution in [3.8, 4) is 11.5 Å². The molecule has 0 saturated carbocycles. The Bertz CT molecular complexity index is 809. The Hall–Kier alpha value is -3.09. The quantitative estimate of drug-likeness (QED) is 0.870. The smallest absolute Gasteiger partial charge is 0.252 e. The van der Waals surface area contributed by atoms with E-state index >= 15 is 0 Å². The van der Waals surface area contributed by atoms with Gasteiger partial charge < -0.3 is 20.1 Å². The molecule has 130 valence electrons. The fraction of sp³-hybridized carbons (Fsp3) is 0.222. The minimum absolute atomic E-state index is 0.162. The first kappa shape index (κ1) is 16.8. The molecule has 0 aromatic heterocycles. The number of hydrogen-bond acceptors (Lipinski definition) is 4. The molecule has 0 unspecified atom stereocenters. The molecule has 2 amide bonds. The van der Waals surface area contributed by atoms with Gasteiger partial charge in [-0.05, 0) is 42.8 Å². The highest BCUT2D eigenvalue weighted by atomic mass is 19.1. The van der Waals surface area contributed by atoms with Crippen molar-refractivity contribution in [2.75, 3.05) is 6.79 Å². The number of ether oxygens (including phenoxy) is 2. The van der Waals surface area contributed by atoms with Gasteiger partial charge in [0.2, 0.25) is 12.7 Å². The maximum absolute atomic E-state index is 13.1. The normalized spacial score (nSPS) is 13.2. The Morgan fingerprint density at radius 3 is 2.76 bits per heavy atom. The third kappa shape index (κ3) is 4.06. The van der Waals surface area contributed by atoms with E-state index in [1.807, 2.05) is 6.07 Å². The Labute approximate surface area is 143 Å². The molecule has 2 aromatic rings. The van der Waals surface area contributed by atoms with E-state index in [-0.39, 0.29) is 24.8 Å². The molecule has 1 aliphatic heterocycles. The summed E-state index contributed by atoms with van der Waals surface area (Å²) in [4.78, 5) is 24.2. The lowest BCUT2D eigenvalue weighted by Gasteiger charge is -2.14. The van der Waals surface area contributed by atoms with Gasteiger partial charge in [0.15, 0.2) is 11.5 Å². The van der Waals surface area contributed by atoms with Gasteiger partial charge in [0.05, 0.1) is 0 Å². The summed E-state index contributed by atoms with van der Waals surface area (Å²) in [7, 11) is 0. The molecular weight excluding hydrogens is 327 g/mol. The maximum atomic E-state index is 13.1. The van der Waals surface area contributed by atoms with E-state index in [0.29, 0.717) is 11.5 Å². The van der Waals surface area contributed by atoms with E-state index in [1.54, 1.807) is 19.1 Å². The lowest BCUT2D eigenvalue weighted by atomic mass is 10.2. The fourth-order valence-corrected chi connectivity index (χ4v) is 2.37. The van der Waals surface area contributed by atoms with E-state index in [0.717, 1.165) is 11.6 Å². The van der Waals surface area contributed by atoms with Crippen LogP contribution >= 0.6 is 0 Å². The SMILES string of the molecule is C[C@@H](NC(=O)c1cccc(F)c1)C(=O)NCc1ccc2c(c1)OCO2. The van der Waals surface area contributed by atoms with Gasteiger partial charge in [-0.1, -0.05) is 12.1 Å². The van der Waals surface area contributed by atoms with E-state index in [2.05, 4.69) is 10.6 Å². The Balaban J connectivity index is 1.53. The third-order valence-electron chi connectivity index (χ3n) is 3.73. The molecule has 3 rings (SSSR count). The van der Waals surface area contributed by atoms with Crippen LogP contribution in [-0.2, 0) is 11.3 Å². The molecule has 0 bridgehead atoms. The van der Waals surface area contributed by atoms with Crippen molar-refractivity contribution < 1.29 is 23.5 Å². The topological polar surface area (TPSA) is 76.7 Å². The average Bonchev–Trinajstić information content (AvgIpc) is 3.07. The fourth-order valence-electron chi connectivity index (χ4n) is 2.37. The van der Waals surface area contributed by atoms with Gasteiger partial charge in [-0.2, -0.15) is 0 Å². The Morgan fingerprint density at radius 2 is 1.96 bits per heavy atom. The Kier molecular flexibility index (Phi) is 4.83. The highest BCUT2D eigenvalue weighted by Gasteiger charge is 2.18. The molecule has 0 fully saturated rings. The van der Waals surface area contributed by atoms with Crippen LogP contribution in [0.3, 0.4) is 0 Å². The predicted octanol–water partition coefficient (Wildman–Crippen LogP) is 1.99. The molecular formula is C18H17FN2O4. The van der Waals surface area contributed by atoms with Gasteiger partial charge in [0.1, 0.15) is 11.9 Å². The van der Waals surface area contributed by atoms with Crippen molar-refractivity contribution in [2.24, 2.45) is 0 Å². The highest BCUT2D eigenvalue weighted by molar-refractivity contribution is 5.97. The van der Waals surface area contributed by atoms with Crippen molar-refractivity contribution in [3.63, 3.8) is 0 Å². The number of carbonyl (C=O) groups excluding carboxylic acids is 2. The van der Waals surface area contributed by atoms with Crippen molar-refractivity contribution in [3.05, 3.63) is 59.4 Å². The maximum Gasteiger partial charge on any atom is 0.252 e. The van der Waals surface area contributed by atoms with Crippen LogP contribution < -0.4 is 20.1 Å². The number of rotatable bonds is 5. The second-order valence-electron chi connectivity index (χ2n) is 5.61. The van der Waals surface area contributed by atoms with Crippen LogP contribution in [0.4, 0.5) is 4.39 Å². The number of halogens is 1. The molecule has 6 nitrogen and oxygen atoms in total. The average molecular weight is 344 g/mol. The van der Waals surface area contributed by atoms with Crippen LogP contribution in [0.2, 0.25) is 0 Å². The molecule has 2 N–H and O–H groups in total. The predicted molar refractivity (Wildman–Crippen MR) is 87.7 cm³/mol. The first-order valence-electron chi connectivity index (χ1n) is 7.75. The first-order valence-corrected chi connectivity index (χ1v) is 7.75. The molecule has 25 heavy (non-hydrogen) atoms. The van der Waals surface area contributed by atoms with Gasteiger partial charge in [-0.3, -0.25) is 9.59 Å². The second-order valence-corrected chi connectivity index (χ2v) is 5.61. The molecule has 0 spiro atoms. The van der Waals surface area contributed by atoms with Gasteiger partial charge in [0, 0.05) is 12.1 Å². The molecule has 2 aromatic carbocycles. The molecule has 1 atom stereocenters. The number of amides is 2. The molecule has 7 heteroatoms. The number of hydrogen-bond donors (Lipinski definition) is 2. The van der Waals surface area contributed by atoms with Crippen molar-refractivity contribution in [1.82, 2.24) is 10.6 Å². The van der Waals surface area contributed by atoms with Crippen LogP contribution in [0.5, 0.6) is 11.5 Å². The summed E-state index contributed by atoms with van der Waals surface area (Å²) in [5.74, 6) is -0.0507. The largest absolute Gasteiger partial charge is 0.454 e. The summed E-state index contributed by atoms with van der Waals surface area (Å²) in [6.07, 6.45) is 0. The van der Waals surface area contributed by atoms with E-state index < -0.39 is 17.8 Å². The lowest BCUT2D eigenvalue weighted by molar-refractivity contribution is -0.122. The minimum atomic E-state index is -0.759. The lowest BCUT2D eigenvalue weighted by Crippen LogP contribution is -2.44. The van der Waals surface area contributed by atoms with Crippen molar-refractivity contribution in [2.45, 2.75) is 19.5 Å². The molecule has 1 aliphatic rings. The van der Waals surface area contributed by atoms with Crippen LogP contribution in [0.15, 0.2) is 42.5 Å². The summed E-state index contributed by atoms with van der Waals surface area (Å²) in [6.45, 7) is 2.04. The Morgan fingerprint density at radius 1 is 1.16 bits per heavy atom. The van der Waals surface area contributed by atoms with Crippen molar-refractivity contribution in [1.29, 1.82) is 0 Å². The number of nitrogens with one attached hydrogen (secondary N) is 2. The van der Waals surface area contributed by atoms with E-state index in [9.17, 15) is 14.0 Å². The molecule has 1 heterocycles. The number of carbonyl (C=O) groups is 2. The van der Waals surface area contributed by atoms with Gasteiger partial charge in [0.25, 0.3) is 5.91 Å². The summed E-state index contributed by atoms with van der Waals surface area (Å²) in [6, 6.07) is 9.92. The third-order valence-corrected chi connectivity index (χ3v) is 3.73. The highest BCUT2D eigenvalue weighted by Crippen LogP contribution is 2.32. The zero-order valence-corrected chi connectivity index (χ0v) is 13.5. The zero-order valence-electron chi connectivity index (χ0n) is 13.5. The van der Waals surface area contributed by atoms with Gasteiger partial charge in [-0.25, -0.2) is 4.39 Å². The summed E-state index contributed by atoms with van der Waals surface area (Å²) in [5, 5.41) is 5.27. The van der Waals surface area contributed by atoms with E-state index in [4.69, 9.17) is 9.47 Å². The molecule has 0 aliphatic carbocycles. The standard InChI is InChI=1S/C18H17FN2O4/c1-11(21-18(23)13-3-2-4-14(19)8-13)17(22)20-9-12-5-6-15-16(7-12)25-10-24-15/h2-8,11H,9-10H2,1H3,(H,20,22)(H,21,23)/t11-/m1/s1. The zero-order chi connectivity index (χ0) is 17.8. The summed E-state index contributed by atoms with van der Waals surface area (Å²) in [5.41, 5.74) is 1.01. The van der Waals surface area contributed by atoms with Crippen LogP contribution in [0.1, 0.15) is 22.8 Å². The van der Waals surface area contributed by atoms with Crippen LogP contribution in [-0.4, -0.2) is 24.6 Å². The van der Waals surface area contributed by atoms with Crippen LogP contribution in [0.25, 0.3) is 0 Å². The van der Waals surface area contributed by atoms with Gasteiger partial charge >= 0.3 is 0 Å². The summed E-state index contributed by atoms with van der Waals surface area (Å²) < 4.78 is 23.7. The van der Waals surface area contributed by atoms with E-state index in [1.165, 1.54) is 18.2 Å².